The average Bonchev–Trinajstić information content (AvgIpc) is 2.74. The minimum Gasteiger partial charge on any atom is -0.487 e. The summed E-state index contributed by atoms with van der Waals surface area (Å²) in [7, 11) is 3.33. The summed E-state index contributed by atoms with van der Waals surface area (Å²) in [5, 5.41) is 0. The highest BCUT2D eigenvalue weighted by Crippen LogP contribution is 2.37. The molecule has 1 aromatic rings. The van der Waals surface area contributed by atoms with Crippen molar-refractivity contribution >= 4 is 11.6 Å². The lowest BCUT2D eigenvalue weighted by Gasteiger charge is -2.37. The van der Waals surface area contributed by atoms with Gasteiger partial charge in [0.2, 0.25) is 0 Å². The van der Waals surface area contributed by atoms with E-state index in [4.69, 9.17) is 24.9 Å². The number of benzene rings is 1. The van der Waals surface area contributed by atoms with Gasteiger partial charge in [0.1, 0.15) is 17.7 Å². The molecule has 3 rings (SSSR count). The van der Waals surface area contributed by atoms with Crippen LogP contribution in [-0.2, 0) is 20.7 Å². The van der Waals surface area contributed by atoms with Crippen molar-refractivity contribution in [3.8, 4) is 5.75 Å². The van der Waals surface area contributed by atoms with E-state index in [9.17, 15) is 4.79 Å². The maximum absolute atomic E-state index is 12.1. The van der Waals surface area contributed by atoms with Gasteiger partial charge in [0, 0.05) is 19.8 Å². The fourth-order valence-corrected chi connectivity index (χ4v) is 4.63. The van der Waals surface area contributed by atoms with Gasteiger partial charge in [0.25, 0.3) is 0 Å². The number of methoxy groups -OCH3 is 2. The highest BCUT2D eigenvalue weighted by Gasteiger charge is 2.42. The van der Waals surface area contributed by atoms with Crippen molar-refractivity contribution in [3.63, 3.8) is 0 Å². The molecule has 0 amide bonds. The number of aryl methyl sites for hydroxylation is 1. The van der Waals surface area contributed by atoms with Crippen LogP contribution in [0.1, 0.15) is 64.0 Å². The van der Waals surface area contributed by atoms with Crippen molar-refractivity contribution in [2.45, 2.75) is 77.0 Å². The molecule has 1 saturated carbocycles. The monoisotopic (exact) mass is 416 g/mol. The number of carbonyl (C=O) groups excluding carboxylic acids is 1. The topological polar surface area (TPSA) is 83.1 Å². The Labute approximate surface area is 180 Å². The van der Waals surface area contributed by atoms with E-state index in [-0.39, 0.29) is 23.3 Å². The molecule has 0 aromatic heterocycles. The predicted octanol–water partition coefficient (Wildman–Crippen LogP) is 3.67. The van der Waals surface area contributed by atoms with Gasteiger partial charge in [-0.2, -0.15) is 0 Å². The molecule has 30 heavy (non-hydrogen) atoms. The smallest absolute Gasteiger partial charge is 0.165 e. The van der Waals surface area contributed by atoms with Crippen molar-refractivity contribution in [2.24, 2.45) is 16.1 Å². The third kappa shape index (κ3) is 4.70. The molecule has 6 nitrogen and oxygen atoms in total. The second kappa shape index (κ2) is 9.06. The zero-order valence-corrected chi connectivity index (χ0v) is 19.0. The number of rotatable bonds is 7. The van der Waals surface area contributed by atoms with Gasteiger partial charge in [-0.05, 0) is 81.5 Å². The maximum Gasteiger partial charge on any atom is 0.165 e. The van der Waals surface area contributed by atoms with Crippen molar-refractivity contribution in [3.05, 3.63) is 29.3 Å². The Hall–Kier alpha value is -1.92. The molecular weight excluding hydrogens is 380 g/mol. The fraction of sp³-hybridized carbons (Fsp3) is 0.667. The first-order chi connectivity index (χ1) is 14.2. The Morgan fingerprint density at radius 3 is 2.60 bits per heavy atom. The normalized spacial score (nSPS) is 28.9. The van der Waals surface area contributed by atoms with Crippen LogP contribution >= 0.6 is 0 Å². The summed E-state index contributed by atoms with van der Waals surface area (Å²) in [6, 6.07) is 6.23. The third-order valence-corrected chi connectivity index (χ3v) is 7.02. The number of carbonyl (C=O) groups is 1. The second-order valence-corrected chi connectivity index (χ2v) is 9.32. The van der Waals surface area contributed by atoms with E-state index in [1.54, 1.807) is 28.1 Å². The lowest BCUT2D eigenvalue weighted by atomic mass is 9.74. The van der Waals surface area contributed by atoms with Gasteiger partial charge in [0.05, 0.1) is 12.6 Å². The maximum atomic E-state index is 12.1. The molecule has 0 bridgehead atoms. The highest BCUT2D eigenvalue weighted by molar-refractivity contribution is 5.98. The standard InChI is InChI=1S/C24H36N2O4/c1-16(27)24(3,29-5)21-9-7-17-14-18(6-8-20(17)30-21)22(25)26-19-10-12-23(2,13-11-19)15-28-4/h6,8,14,19,21H,7,9-13,15H2,1-5H3,(H2,25,26)/t19?,21-,23?,24-/m1/s1. The number of ether oxygens (including phenoxy) is 3. The molecule has 166 valence electrons. The van der Waals surface area contributed by atoms with Crippen LogP contribution in [-0.4, -0.2) is 50.2 Å². The first-order valence-corrected chi connectivity index (χ1v) is 10.9. The largest absolute Gasteiger partial charge is 0.487 e. The number of ketones is 1. The first-order valence-electron chi connectivity index (χ1n) is 10.9. The zero-order valence-electron chi connectivity index (χ0n) is 19.0. The average molecular weight is 417 g/mol. The van der Waals surface area contributed by atoms with Crippen molar-refractivity contribution in [1.82, 2.24) is 0 Å². The number of nitrogens with two attached hydrogens (primary N) is 1. The molecule has 2 N–H and O–H groups in total. The molecule has 0 unspecified atom stereocenters. The lowest BCUT2D eigenvalue weighted by Crippen LogP contribution is -2.51. The van der Waals surface area contributed by atoms with Gasteiger partial charge in [0.15, 0.2) is 11.4 Å². The Balaban J connectivity index is 1.69. The van der Waals surface area contributed by atoms with Crippen molar-refractivity contribution < 1.29 is 19.0 Å². The summed E-state index contributed by atoms with van der Waals surface area (Å²) in [4.78, 5) is 16.9. The molecule has 1 heterocycles. The van der Waals surface area contributed by atoms with E-state index >= 15 is 0 Å². The molecular formula is C24H36N2O4. The Bertz CT molecular complexity index is 798. The van der Waals surface area contributed by atoms with Crippen LogP contribution in [0.25, 0.3) is 0 Å². The number of amidine groups is 1. The number of fused-ring (bicyclic) bond motifs is 1. The van der Waals surface area contributed by atoms with Crippen LogP contribution < -0.4 is 10.5 Å². The minimum atomic E-state index is -0.935. The fourth-order valence-electron chi connectivity index (χ4n) is 4.63. The summed E-state index contributed by atoms with van der Waals surface area (Å²) in [6.45, 7) is 6.44. The lowest BCUT2D eigenvalue weighted by molar-refractivity contribution is -0.149. The summed E-state index contributed by atoms with van der Waals surface area (Å²) in [5.74, 6) is 1.35. The molecule has 2 atom stereocenters. The van der Waals surface area contributed by atoms with Gasteiger partial charge in [-0.25, -0.2) is 0 Å². The van der Waals surface area contributed by atoms with Gasteiger partial charge in [-0.15, -0.1) is 0 Å². The zero-order chi connectivity index (χ0) is 21.9. The van der Waals surface area contributed by atoms with Crippen molar-refractivity contribution in [1.29, 1.82) is 0 Å². The van der Waals surface area contributed by atoms with E-state index in [2.05, 4.69) is 13.0 Å². The molecule has 0 spiro atoms. The van der Waals surface area contributed by atoms with Crippen LogP contribution in [0.5, 0.6) is 5.75 Å². The Kier molecular flexibility index (Phi) is 6.88. The van der Waals surface area contributed by atoms with Crippen LogP contribution in [0.3, 0.4) is 0 Å². The van der Waals surface area contributed by atoms with Crippen LogP contribution in [0, 0.1) is 5.41 Å². The number of hydrogen-bond acceptors (Lipinski definition) is 5. The molecule has 0 saturated heterocycles. The molecule has 1 aromatic carbocycles. The summed E-state index contributed by atoms with van der Waals surface area (Å²) >= 11 is 0. The number of hydrogen-bond donors (Lipinski definition) is 1. The first kappa shape index (κ1) is 22.8. The quantitative estimate of drug-likeness (QED) is 0.542. The molecule has 0 radical (unpaired) electrons. The minimum absolute atomic E-state index is 0.0273. The Morgan fingerprint density at radius 1 is 1.30 bits per heavy atom. The van der Waals surface area contributed by atoms with Crippen molar-refractivity contribution in [2.75, 3.05) is 20.8 Å². The van der Waals surface area contributed by atoms with E-state index in [1.807, 2.05) is 12.1 Å². The van der Waals surface area contributed by atoms with E-state index in [0.717, 1.165) is 62.0 Å². The highest BCUT2D eigenvalue weighted by atomic mass is 16.5. The van der Waals surface area contributed by atoms with E-state index in [1.165, 1.54) is 0 Å². The van der Waals surface area contributed by atoms with Crippen LogP contribution in [0.2, 0.25) is 0 Å². The van der Waals surface area contributed by atoms with Gasteiger partial charge >= 0.3 is 0 Å². The molecule has 1 fully saturated rings. The summed E-state index contributed by atoms with van der Waals surface area (Å²) < 4.78 is 17.0. The summed E-state index contributed by atoms with van der Waals surface area (Å²) in [5.41, 5.74) is 7.71. The molecule has 6 heteroatoms. The van der Waals surface area contributed by atoms with Gasteiger partial charge < -0.3 is 19.9 Å². The second-order valence-electron chi connectivity index (χ2n) is 9.32. The third-order valence-electron chi connectivity index (χ3n) is 7.02. The SMILES string of the molecule is COCC1(C)CCC(N=C(N)c2ccc3c(c2)CC[C@H]([C@](C)(OC)C(C)=O)O3)CC1. The number of aliphatic imine (C=N–C) groups is 1. The summed E-state index contributed by atoms with van der Waals surface area (Å²) in [6.07, 6.45) is 5.53. The Morgan fingerprint density at radius 2 is 2.00 bits per heavy atom. The van der Waals surface area contributed by atoms with Crippen LogP contribution in [0.4, 0.5) is 0 Å². The molecule has 2 aliphatic rings. The van der Waals surface area contributed by atoms with Gasteiger partial charge in [-0.1, -0.05) is 6.92 Å². The van der Waals surface area contributed by atoms with E-state index in [0.29, 0.717) is 5.84 Å². The van der Waals surface area contributed by atoms with E-state index < -0.39 is 5.60 Å². The molecule has 1 aliphatic heterocycles. The van der Waals surface area contributed by atoms with Gasteiger partial charge in [-0.3, -0.25) is 9.79 Å². The molecule has 1 aliphatic carbocycles. The predicted molar refractivity (Wildman–Crippen MR) is 118 cm³/mol. The number of nitrogens with zero attached hydrogens (tertiary/aromatic N) is 1. The number of Topliss-reactive ketones (excluding diaryl/α,β-unsaturated/α-hetero) is 1. The van der Waals surface area contributed by atoms with Crippen LogP contribution in [0.15, 0.2) is 23.2 Å².